The van der Waals surface area contributed by atoms with Crippen LogP contribution in [0.3, 0.4) is 0 Å². The van der Waals surface area contributed by atoms with E-state index in [0.717, 1.165) is 4.90 Å². The van der Waals surface area contributed by atoms with Gasteiger partial charge in [-0.05, 0) is 6.42 Å². The minimum atomic E-state index is -3.04. The lowest BCUT2D eigenvalue weighted by Gasteiger charge is -2.20. The van der Waals surface area contributed by atoms with Crippen molar-refractivity contribution in [2.24, 2.45) is 0 Å². The summed E-state index contributed by atoms with van der Waals surface area (Å²) in [6, 6.07) is 1.43. The molecular formula is C12H19N3O5S. The van der Waals surface area contributed by atoms with Gasteiger partial charge in [-0.3, -0.25) is 4.79 Å². The van der Waals surface area contributed by atoms with Gasteiger partial charge in [-0.15, -0.1) is 0 Å². The van der Waals surface area contributed by atoms with Crippen molar-refractivity contribution < 1.29 is 23.4 Å². The summed E-state index contributed by atoms with van der Waals surface area (Å²) in [5.74, 6) is -0.544. The molecule has 21 heavy (non-hydrogen) atoms. The molecule has 0 spiro atoms. The van der Waals surface area contributed by atoms with Crippen LogP contribution in [0.5, 0.6) is 0 Å². The summed E-state index contributed by atoms with van der Waals surface area (Å²) in [6.45, 7) is -0.538. The zero-order chi connectivity index (χ0) is 15.9. The number of aliphatic hydroxyl groups excluding tert-OH is 2. The molecule has 0 aromatic rings. The molecular weight excluding hydrogens is 298 g/mol. The van der Waals surface area contributed by atoms with Crippen molar-refractivity contribution in [1.29, 1.82) is 5.26 Å². The van der Waals surface area contributed by atoms with Gasteiger partial charge < -0.3 is 20.4 Å². The predicted molar refractivity (Wildman–Crippen MR) is 74.6 cm³/mol. The molecule has 1 atom stereocenters. The number of sulfone groups is 1. The number of nitrogens with zero attached hydrogens (tertiary/aromatic N) is 2. The van der Waals surface area contributed by atoms with Gasteiger partial charge in [-0.2, -0.15) is 5.26 Å². The SMILES string of the molecule is N#C/C(=C/NC1CCS(=O)(=O)C1)C(=O)N(CCO)CCO. The van der Waals surface area contributed by atoms with Gasteiger partial charge in [0.25, 0.3) is 5.91 Å². The van der Waals surface area contributed by atoms with Gasteiger partial charge in [0, 0.05) is 25.3 Å². The van der Waals surface area contributed by atoms with Crippen molar-refractivity contribution >= 4 is 15.7 Å². The number of carbonyl (C=O) groups is 1. The third-order valence-electron chi connectivity index (χ3n) is 3.07. The molecule has 1 heterocycles. The Kier molecular flexibility index (Phi) is 6.61. The first-order valence-electron chi connectivity index (χ1n) is 6.51. The molecule has 1 aliphatic rings. The van der Waals surface area contributed by atoms with E-state index in [1.54, 1.807) is 6.07 Å². The zero-order valence-electron chi connectivity index (χ0n) is 11.5. The molecule has 3 N–H and O–H groups in total. The fraction of sp³-hybridized carbons (Fsp3) is 0.667. The maximum Gasteiger partial charge on any atom is 0.266 e. The van der Waals surface area contributed by atoms with Crippen LogP contribution < -0.4 is 5.32 Å². The summed E-state index contributed by atoms with van der Waals surface area (Å²) in [5, 5.41) is 29.5. The molecule has 0 saturated carbocycles. The number of carbonyl (C=O) groups excluding carboxylic acids is 1. The van der Waals surface area contributed by atoms with Crippen LogP contribution in [-0.2, 0) is 14.6 Å². The first kappa shape index (κ1) is 17.4. The zero-order valence-corrected chi connectivity index (χ0v) is 12.3. The van der Waals surface area contributed by atoms with Crippen LogP contribution in [0, 0.1) is 11.3 Å². The van der Waals surface area contributed by atoms with E-state index in [-0.39, 0.29) is 49.4 Å². The number of hydrogen-bond acceptors (Lipinski definition) is 7. The van der Waals surface area contributed by atoms with Crippen molar-refractivity contribution in [2.75, 3.05) is 37.8 Å². The van der Waals surface area contributed by atoms with Gasteiger partial charge in [-0.1, -0.05) is 0 Å². The van der Waals surface area contributed by atoms with Crippen molar-refractivity contribution in [3.05, 3.63) is 11.8 Å². The Morgan fingerprint density at radius 2 is 2.00 bits per heavy atom. The molecule has 0 aromatic carbocycles. The molecule has 9 heteroatoms. The van der Waals surface area contributed by atoms with Gasteiger partial charge in [-0.25, -0.2) is 8.42 Å². The minimum absolute atomic E-state index is 0.0101. The van der Waals surface area contributed by atoms with Crippen LogP contribution in [0.2, 0.25) is 0 Å². The normalized spacial score (nSPS) is 20.8. The third-order valence-corrected chi connectivity index (χ3v) is 4.84. The highest BCUT2D eigenvalue weighted by atomic mass is 32.2. The number of aliphatic hydroxyl groups is 2. The minimum Gasteiger partial charge on any atom is -0.395 e. The number of hydrogen-bond donors (Lipinski definition) is 3. The average Bonchev–Trinajstić information content (AvgIpc) is 2.78. The summed E-state index contributed by atoms with van der Waals surface area (Å²) < 4.78 is 22.6. The van der Waals surface area contributed by atoms with E-state index in [0.29, 0.717) is 6.42 Å². The number of rotatable bonds is 7. The highest BCUT2D eigenvalue weighted by Crippen LogP contribution is 2.11. The first-order chi connectivity index (χ1) is 9.93. The number of nitriles is 1. The van der Waals surface area contributed by atoms with Gasteiger partial charge in [0.1, 0.15) is 11.6 Å². The first-order valence-corrected chi connectivity index (χ1v) is 8.33. The standard InChI is InChI=1S/C12H19N3O5S/c13-7-10(12(18)15(2-4-16)3-5-17)8-14-11-1-6-21(19,20)9-11/h8,11,14,16-17H,1-6,9H2/b10-8-. The molecule has 1 rings (SSSR count). The summed E-state index contributed by atoms with van der Waals surface area (Å²) in [7, 11) is -3.04. The molecule has 1 unspecified atom stereocenters. The van der Waals surface area contributed by atoms with Crippen LogP contribution in [-0.4, -0.2) is 73.3 Å². The van der Waals surface area contributed by atoms with E-state index in [2.05, 4.69) is 5.32 Å². The Hall–Kier alpha value is -1.63. The van der Waals surface area contributed by atoms with E-state index in [1.165, 1.54) is 6.20 Å². The van der Waals surface area contributed by atoms with Gasteiger partial charge in [0.2, 0.25) is 0 Å². The molecule has 0 aromatic heterocycles. The lowest BCUT2D eigenvalue weighted by molar-refractivity contribution is -0.127. The van der Waals surface area contributed by atoms with E-state index < -0.39 is 15.7 Å². The molecule has 8 nitrogen and oxygen atoms in total. The van der Waals surface area contributed by atoms with Gasteiger partial charge in [0.15, 0.2) is 9.84 Å². The Balaban J connectivity index is 2.70. The van der Waals surface area contributed by atoms with Crippen LogP contribution >= 0.6 is 0 Å². The van der Waals surface area contributed by atoms with E-state index >= 15 is 0 Å². The largest absolute Gasteiger partial charge is 0.395 e. The Morgan fingerprint density at radius 3 is 2.43 bits per heavy atom. The molecule has 0 aliphatic carbocycles. The molecule has 118 valence electrons. The third kappa shape index (κ3) is 5.34. The van der Waals surface area contributed by atoms with E-state index in [9.17, 15) is 13.2 Å². The second kappa shape index (κ2) is 7.97. The van der Waals surface area contributed by atoms with Gasteiger partial charge >= 0.3 is 0 Å². The fourth-order valence-corrected chi connectivity index (χ4v) is 3.68. The molecule has 0 bridgehead atoms. The van der Waals surface area contributed by atoms with Crippen molar-refractivity contribution in [3.63, 3.8) is 0 Å². The Labute approximate surface area is 123 Å². The highest BCUT2D eigenvalue weighted by molar-refractivity contribution is 7.91. The lowest BCUT2D eigenvalue weighted by Crippen LogP contribution is -2.37. The summed E-state index contributed by atoms with van der Waals surface area (Å²) >= 11 is 0. The number of nitrogens with one attached hydrogen (secondary N) is 1. The molecule has 1 amide bonds. The van der Waals surface area contributed by atoms with Crippen molar-refractivity contribution in [2.45, 2.75) is 12.5 Å². The summed E-state index contributed by atoms with van der Waals surface area (Å²) in [6.07, 6.45) is 1.64. The van der Waals surface area contributed by atoms with Crippen LogP contribution in [0.1, 0.15) is 6.42 Å². The molecule has 0 radical (unpaired) electrons. The lowest BCUT2D eigenvalue weighted by atomic mass is 10.2. The summed E-state index contributed by atoms with van der Waals surface area (Å²) in [5.41, 5.74) is -0.193. The van der Waals surface area contributed by atoms with E-state index in [1.807, 2.05) is 0 Å². The van der Waals surface area contributed by atoms with Crippen LogP contribution in [0.15, 0.2) is 11.8 Å². The average molecular weight is 317 g/mol. The Bertz CT molecular complexity index is 532. The molecule has 1 saturated heterocycles. The fourth-order valence-electron chi connectivity index (χ4n) is 2.00. The van der Waals surface area contributed by atoms with Crippen LogP contribution in [0.25, 0.3) is 0 Å². The summed E-state index contributed by atoms with van der Waals surface area (Å²) in [4.78, 5) is 13.2. The number of amides is 1. The quantitative estimate of drug-likeness (QED) is 0.365. The Morgan fingerprint density at radius 1 is 1.38 bits per heavy atom. The van der Waals surface area contributed by atoms with E-state index in [4.69, 9.17) is 15.5 Å². The maximum absolute atomic E-state index is 12.0. The molecule has 1 aliphatic heterocycles. The highest BCUT2D eigenvalue weighted by Gasteiger charge is 2.27. The topological polar surface area (TPSA) is 131 Å². The van der Waals surface area contributed by atoms with Crippen molar-refractivity contribution in [3.8, 4) is 6.07 Å². The van der Waals surface area contributed by atoms with Gasteiger partial charge in [0.05, 0.1) is 24.7 Å². The monoisotopic (exact) mass is 317 g/mol. The smallest absolute Gasteiger partial charge is 0.266 e. The second-order valence-electron chi connectivity index (χ2n) is 4.68. The second-order valence-corrected chi connectivity index (χ2v) is 6.90. The maximum atomic E-state index is 12.0. The predicted octanol–water partition coefficient (Wildman–Crippen LogP) is -2.02. The van der Waals surface area contributed by atoms with Crippen LogP contribution in [0.4, 0.5) is 0 Å². The molecule has 1 fully saturated rings. The van der Waals surface area contributed by atoms with Crippen molar-refractivity contribution in [1.82, 2.24) is 10.2 Å².